The van der Waals surface area contributed by atoms with Gasteiger partial charge in [0.2, 0.25) is 0 Å². The van der Waals surface area contributed by atoms with Crippen molar-refractivity contribution in [2.24, 2.45) is 0 Å². The summed E-state index contributed by atoms with van der Waals surface area (Å²) in [5.74, 6) is 0. The van der Waals surface area contributed by atoms with Gasteiger partial charge >= 0.3 is 0 Å². The first kappa shape index (κ1) is 12.8. The summed E-state index contributed by atoms with van der Waals surface area (Å²) in [6.45, 7) is 6.96. The van der Waals surface area contributed by atoms with Gasteiger partial charge < -0.3 is 5.32 Å². The second kappa shape index (κ2) is 7.99. The molecule has 0 amide bonds. The van der Waals surface area contributed by atoms with Crippen LogP contribution >= 0.6 is 0 Å². The van der Waals surface area contributed by atoms with Gasteiger partial charge in [0.1, 0.15) is 6.33 Å². The molecular weight excluding hydrogens is 198 g/mol. The van der Waals surface area contributed by atoms with Gasteiger partial charge in [-0.3, -0.25) is 0 Å². The third-order valence-electron chi connectivity index (χ3n) is 2.52. The van der Waals surface area contributed by atoms with Gasteiger partial charge in [0.25, 0.3) is 0 Å². The van der Waals surface area contributed by atoms with Gasteiger partial charge in [-0.05, 0) is 32.2 Å². The Morgan fingerprint density at radius 2 is 2.19 bits per heavy atom. The normalized spacial score (nSPS) is 12.3. The molecule has 1 unspecified atom stereocenters. The van der Waals surface area contributed by atoms with Crippen molar-refractivity contribution in [2.45, 2.75) is 38.6 Å². The largest absolute Gasteiger partial charge is 0.310 e. The molecule has 0 saturated heterocycles. The number of nitrogens with zero attached hydrogens (tertiary/aromatic N) is 2. The molecule has 1 aromatic heterocycles. The summed E-state index contributed by atoms with van der Waals surface area (Å²) in [6.07, 6.45) is 11.8. The first-order chi connectivity index (χ1) is 7.88. The second-order valence-electron chi connectivity index (χ2n) is 3.90. The molecule has 16 heavy (non-hydrogen) atoms. The van der Waals surface area contributed by atoms with E-state index in [1.54, 1.807) is 6.33 Å². The van der Waals surface area contributed by atoms with Gasteiger partial charge in [-0.2, -0.15) is 0 Å². The molecule has 1 heterocycles. The third-order valence-corrected chi connectivity index (χ3v) is 2.52. The van der Waals surface area contributed by atoms with E-state index in [2.05, 4.69) is 28.8 Å². The van der Waals surface area contributed by atoms with E-state index in [1.165, 1.54) is 5.56 Å². The number of hydrogen-bond acceptors (Lipinski definition) is 3. The molecule has 1 atom stereocenters. The molecule has 0 aliphatic heterocycles. The van der Waals surface area contributed by atoms with Gasteiger partial charge in [-0.15, -0.1) is 6.58 Å². The molecule has 0 aliphatic rings. The fourth-order valence-corrected chi connectivity index (χ4v) is 1.66. The summed E-state index contributed by atoms with van der Waals surface area (Å²) in [6, 6.07) is 0.376. The summed E-state index contributed by atoms with van der Waals surface area (Å²) >= 11 is 0. The zero-order valence-corrected chi connectivity index (χ0v) is 10.0. The third kappa shape index (κ3) is 4.53. The van der Waals surface area contributed by atoms with Crippen molar-refractivity contribution in [3.63, 3.8) is 0 Å². The fraction of sp³-hybridized carbons (Fsp3) is 0.538. The Labute approximate surface area is 98.0 Å². The Morgan fingerprint density at radius 3 is 2.81 bits per heavy atom. The number of unbranched alkanes of at least 4 members (excludes halogenated alkanes) is 1. The van der Waals surface area contributed by atoms with Crippen LogP contribution in [0.25, 0.3) is 0 Å². The molecular formula is C13H21N3. The SMILES string of the molecule is C=CCCCC(NCCC)c1cncnc1. The minimum Gasteiger partial charge on any atom is -0.310 e. The molecule has 0 aromatic carbocycles. The lowest BCUT2D eigenvalue weighted by Crippen LogP contribution is -2.22. The molecule has 3 nitrogen and oxygen atoms in total. The van der Waals surface area contributed by atoms with Crippen molar-refractivity contribution in [3.8, 4) is 0 Å². The van der Waals surface area contributed by atoms with Crippen molar-refractivity contribution >= 4 is 0 Å². The summed E-state index contributed by atoms with van der Waals surface area (Å²) in [4.78, 5) is 8.14. The monoisotopic (exact) mass is 219 g/mol. The van der Waals surface area contributed by atoms with Crippen LogP contribution in [0.3, 0.4) is 0 Å². The zero-order valence-electron chi connectivity index (χ0n) is 10.0. The first-order valence-corrected chi connectivity index (χ1v) is 5.97. The molecule has 0 bridgehead atoms. The molecule has 88 valence electrons. The summed E-state index contributed by atoms with van der Waals surface area (Å²) in [5, 5.41) is 3.53. The lowest BCUT2D eigenvalue weighted by Gasteiger charge is -2.17. The van der Waals surface area contributed by atoms with Gasteiger partial charge in [-0.1, -0.05) is 13.0 Å². The van der Waals surface area contributed by atoms with Crippen LogP contribution in [0.4, 0.5) is 0 Å². The number of allylic oxidation sites excluding steroid dienone is 1. The molecule has 0 aliphatic carbocycles. The maximum Gasteiger partial charge on any atom is 0.115 e. The van der Waals surface area contributed by atoms with Crippen LogP contribution in [0.15, 0.2) is 31.4 Å². The van der Waals surface area contributed by atoms with Gasteiger partial charge in [0, 0.05) is 24.0 Å². The van der Waals surface area contributed by atoms with Crippen molar-refractivity contribution in [3.05, 3.63) is 36.9 Å². The van der Waals surface area contributed by atoms with Crippen molar-refractivity contribution in [2.75, 3.05) is 6.54 Å². The molecule has 0 radical (unpaired) electrons. The van der Waals surface area contributed by atoms with Crippen LogP contribution in [0.1, 0.15) is 44.2 Å². The van der Waals surface area contributed by atoms with Crippen LogP contribution in [-0.2, 0) is 0 Å². The molecule has 3 heteroatoms. The van der Waals surface area contributed by atoms with E-state index in [4.69, 9.17) is 0 Å². The van der Waals surface area contributed by atoms with E-state index in [1.807, 2.05) is 18.5 Å². The predicted octanol–water partition coefficient (Wildman–Crippen LogP) is 2.87. The van der Waals surface area contributed by atoms with Crippen LogP contribution in [-0.4, -0.2) is 16.5 Å². The molecule has 1 aromatic rings. The van der Waals surface area contributed by atoms with E-state index < -0.39 is 0 Å². The lowest BCUT2D eigenvalue weighted by molar-refractivity contribution is 0.484. The Hall–Kier alpha value is -1.22. The fourth-order valence-electron chi connectivity index (χ4n) is 1.66. The predicted molar refractivity (Wildman–Crippen MR) is 67.1 cm³/mol. The maximum absolute atomic E-state index is 4.07. The first-order valence-electron chi connectivity index (χ1n) is 5.97. The Kier molecular flexibility index (Phi) is 6.42. The molecule has 0 saturated carbocycles. The number of hydrogen-bond donors (Lipinski definition) is 1. The van der Waals surface area contributed by atoms with E-state index in [0.717, 1.165) is 32.2 Å². The van der Waals surface area contributed by atoms with E-state index >= 15 is 0 Å². The van der Waals surface area contributed by atoms with E-state index in [9.17, 15) is 0 Å². The zero-order chi connectivity index (χ0) is 11.6. The second-order valence-corrected chi connectivity index (χ2v) is 3.90. The average Bonchev–Trinajstić information content (AvgIpc) is 2.35. The average molecular weight is 219 g/mol. The van der Waals surface area contributed by atoms with E-state index in [0.29, 0.717) is 6.04 Å². The highest BCUT2D eigenvalue weighted by atomic mass is 14.9. The minimum atomic E-state index is 0.376. The van der Waals surface area contributed by atoms with Gasteiger partial charge in [-0.25, -0.2) is 9.97 Å². The lowest BCUT2D eigenvalue weighted by atomic mass is 10.0. The minimum absolute atomic E-state index is 0.376. The standard InChI is InChI=1S/C13H21N3/c1-3-5-6-7-13(16-8-4-2)12-9-14-11-15-10-12/h3,9-11,13,16H,1,4-8H2,2H3. The molecule has 1 rings (SSSR count). The van der Waals surface area contributed by atoms with E-state index in [-0.39, 0.29) is 0 Å². The summed E-state index contributed by atoms with van der Waals surface area (Å²) < 4.78 is 0. The summed E-state index contributed by atoms with van der Waals surface area (Å²) in [5.41, 5.74) is 1.18. The molecule has 0 fully saturated rings. The number of rotatable bonds is 8. The van der Waals surface area contributed by atoms with Gasteiger partial charge in [0.05, 0.1) is 0 Å². The number of aromatic nitrogens is 2. The Bertz CT molecular complexity index is 284. The van der Waals surface area contributed by atoms with Crippen LogP contribution in [0.5, 0.6) is 0 Å². The van der Waals surface area contributed by atoms with Crippen LogP contribution < -0.4 is 5.32 Å². The van der Waals surface area contributed by atoms with Crippen molar-refractivity contribution in [1.29, 1.82) is 0 Å². The topological polar surface area (TPSA) is 37.8 Å². The van der Waals surface area contributed by atoms with Gasteiger partial charge in [0.15, 0.2) is 0 Å². The maximum atomic E-state index is 4.07. The summed E-state index contributed by atoms with van der Waals surface area (Å²) in [7, 11) is 0. The Morgan fingerprint density at radius 1 is 1.44 bits per heavy atom. The quantitative estimate of drug-likeness (QED) is 0.539. The smallest absolute Gasteiger partial charge is 0.115 e. The Balaban J connectivity index is 2.52. The van der Waals surface area contributed by atoms with Crippen LogP contribution in [0, 0.1) is 0 Å². The van der Waals surface area contributed by atoms with Crippen molar-refractivity contribution in [1.82, 2.24) is 15.3 Å². The molecule has 0 spiro atoms. The number of nitrogens with one attached hydrogen (secondary N) is 1. The highest BCUT2D eigenvalue weighted by Crippen LogP contribution is 2.17. The highest BCUT2D eigenvalue weighted by molar-refractivity contribution is 5.09. The van der Waals surface area contributed by atoms with Crippen molar-refractivity contribution < 1.29 is 0 Å². The highest BCUT2D eigenvalue weighted by Gasteiger charge is 2.09. The van der Waals surface area contributed by atoms with Crippen LogP contribution in [0.2, 0.25) is 0 Å². The molecule has 1 N–H and O–H groups in total.